The Morgan fingerprint density at radius 3 is 2.75 bits per heavy atom. The number of aliphatic carboxylic acids is 1. The van der Waals surface area contributed by atoms with Crippen LogP contribution in [0.5, 0.6) is 5.75 Å². The van der Waals surface area contributed by atoms with Crippen LogP contribution in [0.15, 0.2) is 22.7 Å². The number of carbonyl (C=O) groups excluding carboxylic acids is 2. The number of thioether (sulfide) groups is 1. The predicted molar refractivity (Wildman–Crippen MR) is 93.9 cm³/mol. The van der Waals surface area contributed by atoms with E-state index in [0.717, 1.165) is 11.8 Å². The van der Waals surface area contributed by atoms with Gasteiger partial charge in [-0.2, -0.15) is 0 Å². The van der Waals surface area contributed by atoms with E-state index in [0.29, 0.717) is 22.3 Å². The van der Waals surface area contributed by atoms with Gasteiger partial charge in [-0.25, -0.2) is 4.79 Å². The lowest BCUT2D eigenvalue weighted by molar-refractivity contribution is -0.148. The zero-order valence-electron chi connectivity index (χ0n) is 13.1. The topological polar surface area (TPSA) is 94.9 Å². The number of carbonyl (C=O) groups is 3. The van der Waals surface area contributed by atoms with Crippen molar-refractivity contribution < 1.29 is 24.6 Å². The zero-order chi connectivity index (χ0) is 17.9. The minimum absolute atomic E-state index is 0.00960. The Kier molecular flexibility index (Phi) is 6.28. The summed E-state index contributed by atoms with van der Waals surface area (Å²) in [7, 11) is 0. The SMILES string of the molecule is CC(=O)SCC1CC(=O)N([C@@H](Cc2ccc(O)c(Br)c2)C(=O)O)C1. The fourth-order valence-electron chi connectivity index (χ4n) is 2.69. The van der Waals surface area contributed by atoms with Crippen molar-refractivity contribution in [2.75, 3.05) is 12.3 Å². The van der Waals surface area contributed by atoms with Crippen LogP contribution in [0.3, 0.4) is 0 Å². The molecule has 1 amide bonds. The average molecular weight is 416 g/mol. The van der Waals surface area contributed by atoms with Gasteiger partial charge in [0.25, 0.3) is 0 Å². The fraction of sp³-hybridized carbons (Fsp3) is 0.438. The number of phenols is 1. The van der Waals surface area contributed by atoms with E-state index in [2.05, 4.69) is 15.9 Å². The molecule has 0 radical (unpaired) electrons. The summed E-state index contributed by atoms with van der Waals surface area (Å²) in [5.74, 6) is -0.680. The van der Waals surface area contributed by atoms with E-state index in [9.17, 15) is 24.6 Å². The van der Waals surface area contributed by atoms with Crippen molar-refractivity contribution in [2.45, 2.75) is 25.8 Å². The summed E-state index contributed by atoms with van der Waals surface area (Å²) in [6.07, 6.45) is 0.426. The van der Waals surface area contributed by atoms with Crippen LogP contribution >= 0.6 is 27.7 Å². The highest BCUT2D eigenvalue weighted by Gasteiger charge is 2.37. The molecule has 1 fully saturated rings. The van der Waals surface area contributed by atoms with Crippen molar-refractivity contribution in [3.63, 3.8) is 0 Å². The molecule has 1 aromatic carbocycles. The molecule has 2 rings (SSSR count). The third-order valence-corrected chi connectivity index (χ3v) is 5.54. The second kappa shape index (κ2) is 8.02. The molecule has 0 aromatic heterocycles. The van der Waals surface area contributed by atoms with Gasteiger partial charge in [0, 0.05) is 32.1 Å². The lowest BCUT2D eigenvalue weighted by Gasteiger charge is -2.25. The second-order valence-electron chi connectivity index (χ2n) is 5.76. The Hall–Kier alpha value is -1.54. The maximum absolute atomic E-state index is 12.2. The lowest BCUT2D eigenvalue weighted by atomic mass is 10.0. The van der Waals surface area contributed by atoms with E-state index in [-0.39, 0.29) is 35.5 Å². The molecule has 2 N–H and O–H groups in total. The zero-order valence-corrected chi connectivity index (χ0v) is 15.5. The van der Waals surface area contributed by atoms with Crippen LogP contribution in [0.2, 0.25) is 0 Å². The largest absolute Gasteiger partial charge is 0.507 e. The first-order chi connectivity index (χ1) is 11.3. The van der Waals surface area contributed by atoms with Gasteiger partial charge in [-0.15, -0.1) is 0 Å². The number of hydrogen-bond acceptors (Lipinski definition) is 5. The van der Waals surface area contributed by atoms with Gasteiger partial charge in [0.05, 0.1) is 4.47 Å². The Morgan fingerprint density at radius 2 is 2.17 bits per heavy atom. The first kappa shape index (κ1) is 18.8. The van der Waals surface area contributed by atoms with Gasteiger partial charge in [0.2, 0.25) is 5.91 Å². The Balaban J connectivity index is 2.09. The van der Waals surface area contributed by atoms with Crippen LogP contribution in [0.25, 0.3) is 0 Å². The van der Waals surface area contributed by atoms with E-state index in [1.807, 2.05) is 0 Å². The van der Waals surface area contributed by atoms with Crippen molar-refractivity contribution in [2.24, 2.45) is 5.92 Å². The summed E-state index contributed by atoms with van der Waals surface area (Å²) in [6, 6.07) is 3.81. The van der Waals surface area contributed by atoms with Gasteiger partial charge in [-0.05, 0) is 39.5 Å². The van der Waals surface area contributed by atoms with E-state index < -0.39 is 12.0 Å². The fourth-order valence-corrected chi connectivity index (χ4v) is 3.81. The molecule has 1 aliphatic rings. The third-order valence-electron chi connectivity index (χ3n) is 3.86. The van der Waals surface area contributed by atoms with Crippen LogP contribution in [0.1, 0.15) is 18.9 Å². The number of nitrogens with zero attached hydrogens (tertiary/aromatic N) is 1. The number of phenolic OH excluding ortho intramolecular Hbond substituents is 1. The van der Waals surface area contributed by atoms with Crippen molar-refractivity contribution in [3.05, 3.63) is 28.2 Å². The first-order valence-electron chi connectivity index (χ1n) is 7.41. The molecule has 24 heavy (non-hydrogen) atoms. The number of benzene rings is 1. The van der Waals surface area contributed by atoms with E-state index >= 15 is 0 Å². The summed E-state index contributed by atoms with van der Waals surface area (Å²) >= 11 is 4.36. The minimum Gasteiger partial charge on any atom is -0.507 e. The lowest BCUT2D eigenvalue weighted by Crippen LogP contribution is -2.43. The molecular weight excluding hydrogens is 398 g/mol. The number of carboxylic acid groups (broad SMARTS) is 1. The molecule has 0 saturated carbocycles. The number of hydrogen-bond donors (Lipinski definition) is 2. The smallest absolute Gasteiger partial charge is 0.326 e. The molecule has 1 aliphatic heterocycles. The number of halogens is 1. The predicted octanol–water partition coefficient (Wildman–Crippen LogP) is 2.28. The van der Waals surface area contributed by atoms with Crippen molar-refractivity contribution in [3.8, 4) is 5.75 Å². The maximum atomic E-state index is 12.2. The van der Waals surface area contributed by atoms with Crippen LogP contribution in [-0.2, 0) is 20.8 Å². The molecule has 8 heteroatoms. The normalized spacial score (nSPS) is 18.7. The molecule has 0 spiro atoms. The van der Waals surface area contributed by atoms with Gasteiger partial charge < -0.3 is 15.1 Å². The molecular formula is C16H18BrNO5S. The molecule has 0 bridgehead atoms. The number of aromatic hydroxyl groups is 1. The standard InChI is InChI=1S/C16H18BrNO5S/c1-9(19)24-8-11-6-15(21)18(7-11)13(16(22)23)5-10-2-3-14(20)12(17)4-10/h2-4,11,13,20H,5-8H2,1H3,(H,22,23)/t11?,13-/m0/s1. The number of rotatable bonds is 6. The summed E-state index contributed by atoms with van der Waals surface area (Å²) in [5.41, 5.74) is 0.710. The molecule has 1 heterocycles. The summed E-state index contributed by atoms with van der Waals surface area (Å²) in [4.78, 5) is 36.3. The quantitative estimate of drug-likeness (QED) is 0.739. The van der Waals surface area contributed by atoms with E-state index in [1.165, 1.54) is 17.9 Å². The number of likely N-dealkylation sites (tertiary alicyclic amines) is 1. The molecule has 2 atom stereocenters. The van der Waals surface area contributed by atoms with Gasteiger partial charge in [-0.3, -0.25) is 9.59 Å². The molecule has 6 nitrogen and oxygen atoms in total. The molecule has 130 valence electrons. The minimum atomic E-state index is -1.06. The van der Waals surface area contributed by atoms with Crippen molar-refractivity contribution in [1.82, 2.24) is 4.90 Å². The van der Waals surface area contributed by atoms with Crippen LogP contribution in [-0.4, -0.2) is 50.4 Å². The Labute approximate surface area is 152 Å². The molecule has 1 saturated heterocycles. The molecule has 0 aliphatic carbocycles. The van der Waals surface area contributed by atoms with Gasteiger partial charge >= 0.3 is 5.97 Å². The van der Waals surface area contributed by atoms with Gasteiger partial charge in [0.15, 0.2) is 5.12 Å². The van der Waals surface area contributed by atoms with E-state index in [1.54, 1.807) is 12.1 Å². The Bertz CT molecular complexity index is 666. The van der Waals surface area contributed by atoms with Crippen molar-refractivity contribution >= 4 is 44.7 Å². The number of amides is 1. The second-order valence-corrected chi connectivity index (χ2v) is 7.81. The first-order valence-corrected chi connectivity index (χ1v) is 9.18. The van der Waals surface area contributed by atoms with Crippen LogP contribution in [0.4, 0.5) is 0 Å². The van der Waals surface area contributed by atoms with Crippen LogP contribution in [0, 0.1) is 5.92 Å². The summed E-state index contributed by atoms with van der Waals surface area (Å²) < 4.78 is 0.479. The van der Waals surface area contributed by atoms with Crippen LogP contribution < -0.4 is 0 Å². The summed E-state index contributed by atoms with van der Waals surface area (Å²) in [6.45, 7) is 1.82. The van der Waals surface area contributed by atoms with E-state index in [4.69, 9.17) is 0 Å². The highest BCUT2D eigenvalue weighted by molar-refractivity contribution is 9.10. The monoisotopic (exact) mass is 415 g/mol. The molecule has 1 unspecified atom stereocenters. The Morgan fingerprint density at radius 1 is 1.46 bits per heavy atom. The van der Waals surface area contributed by atoms with Gasteiger partial charge in [0.1, 0.15) is 11.8 Å². The highest BCUT2D eigenvalue weighted by atomic mass is 79.9. The highest BCUT2D eigenvalue weighted by Crippen LogP contribution is 2.28. The maximum Gasteiger partial charge on any atom is 0.326 e. The number of carboxylic acids is 1. The van der Waals surface area contributed by atoms with Crippen molar-refractivity contribution in [1.29, 1.82) is 0 Å². The third kappa shape index (κ3) is 4.73. The summed E-state index contributed by atoms with van der Waals surface area (Å²) in [5, 5.41) is 19.0. The molecule has 1 aromatic rings. The van der Waals surface area contributed by atoms with Gasteiger partial charge in [-0.1, -0.05) is 17.8 Å². The average Bonchev–Trinajstić information content (AvgIpc) is 2.86.